The van der Waals surface area contributed by atoms with Gasteiger partial charge in [0.05, 0.1) is 0 Å². The van der Waals surface area contributed by atoms with Crippen LogP contribution in [-0.4, -0.2) is 23.1 Å². The minimum Gasteiger partial charge on any atom is -0.478 e. The first-order valence-electron chi connectivity index (χ1n) is 4.33. The molecule has 3 nitrogen and oxygen atoms in total. The summed E-state index contributed by atoms with van der Waals surface area (Å²) in [6.45, 7) is 0. The van der Waals surface area contributed by atoms with Gasteiger partial charge < -0.3 is 5.11 Å². The molecule has 16 heavy (non-hydrogen) atoms. The van der Waals surface area contributed by atoms with Gasteiger partial charge in [0.25, 0.3) is 0 Å². The molecule has 0 atom stereocenters. The van der Waals surface area contributed by atoms with Crippen LogP contribution >= 0.6 is 23.4 Å². The Kier molecular flexibility index (Phi) is 4.58. The van der Waals surface area contributed by atoms with Gasteiger partial charge in [-0.2, -0.15) is 0 Å². The van der Waals surface area contributed by atoms with E-state index < -0.39 is 5.97 Å². The second kappa shape index (κ2) is 5.72. The van der Waals surface area contributed by atoms with E-state index >= 15 is 0 Å². The fourth-order valence-electron chi connectivity index (χ4n) is 1.11. The molecular weight excluding hydrogens is 248 g/mol. The molecule has 0 aromatic heterocycles. The van der Waals surface area contributed by atoms with Crippen LogP contribution in [0.15, 0.2) is 35.2 Å². The molecule has 0 fully saturated rings. The monoisotopic (exact) mass is 256 g/mol. The number of thioether (sulfide) groups is 1. The summed E-state index contributed by atoms with van der Waals surface area (Å²) in [5.41, 5.74) is 0.414. The molecule has 0 bridgehead atoms. The molecule has 0 aliphatic carbocycles. The number of carbonyl (C=O) groups is 2. The van der Waals surface area contributed by atoms with Crippen LogP contribution in [-0.2, 0) is 4.79 Å². The van der Waals surface area contributed by atoms with Gasteiger partial charge in [0.1, 0.15) is 0 Å². The Morgan fingerprint density at radius 1 is 1.38 bits per heavy atom. The highest BCUT2D eigenvalue weighted by molar-refractivity contribution is 7.98. The minimum atomic E-state index is -1.15. The molecule has 1 N–H and O–H groups in total. The number of carboxylic acids is 1. The van der Waals surface area contributed by atoms with Crippen LogP contribution in [0, 0.1) is 0 Å². The van der Waals surface area contributed by atoms with E-state index in [1.165, 1.54) is 17.8 Å². The largest absolute Gasteiger partial charge is 0.478 e. The first kappa shape index (κ1) is 12.8. The summed E-state index contributed by atoms with van der Waals surface area (Å²) >= 11 is 7.18. The number of allylic oxidation sites excluding steroid dienone is 1. The number of halogens is 1. The third-order valence-electron chi connectivity index (χ3n) is 1.80. The maximum Gasteiger partial charge on any atom is 0.328 e. The van der Waals surface area contributed by atoms with Crippen molar-refractivity contribution in [3.63, 3.8) is 0 Å². The second-order valence-electron chi connectivity index (χ2n) is 2.88. The smallest absolute Gasteiger partial charge is 0.328 e. The fourth-order valence-corrected chi connectivity index (χ4v) is 1.87. The van der Waals surface area contributed by atoms with Crippen molar-refractivity contribution in [1.82, 2.24) is 0 Å². The Hall–Kier alpha value is -1.26. The molecule has 0 saturated heterocycles. The number of aliphatic carboxylic acids is 1. The van der Waals surface area contributed by atoms with E-state index in [1.54, 1.807) is 12.1 Å². The summed E-state index contributed by atoms with van der Waals surface area (Å²) in [4.78, 5) is 22.7. The number of hydrogen-bond donors (Lipinski definition) is 1. The van der Waals surface area contributed by atoms with Crippen molar-refractivity contribution in [2.75, 3.05) is 6.26 Å². The number of carboxylic acid groups (broad SMARTS) is 1. The Morgan fingerprint density at radius 2 is 2.06 bits per heavy atom. The van der Waals surface area contributed by atoms with E-state index in [0.717, 1.165) is 17.0 Å². The molecule has 0 radical (unpaired) electrons. The van der Waals surface area contributed by atoms with Crippen LogP contribution in [0.5, 0.6) is 0 Å². The van der Waals surface area contributed by atoms with Gasteiger partial charge in [0.2, 0.25) is 0 Å². The maximum absolute atomic E-state index is 11.7. The van der Waals surface area contributed by atoms with Gasteiger partial charge in [-0.15, -0.1) is 11.8 Å². The van der Waals surface area contributed by atoms with E-state index in [2.05, 4.69) is 0 Å². The van der Waals surface area contributed by atoms with Gasteiger partial charge >= 0.3 is 5.97 Å². The van der Waals surface area contributed by atoms with Crippen molar-refractivity contribution < 1.29 is 14.7 Å². The highest BCUT2D eigenvalue weighted by atomic mass is 35.5. The molecule has 0 unspecified atom stereocenters. The van der Waals surface area contributed by atoms with E-state index in [1.807, 2.05) is 6.26 Å². The van der Waals surface area contributed by atoms with Crippen LogP contribution in [0.25, 0.3) is 0 Å². The number of ketones is 1. The van der Waals surface area contributed by atoms with Gasteiger partial charge in [-0.3, -0.25) is 4.79 Å². The molecule has 5 heteroatoms. The number of hydrogen-bond acceptors (Lipinski definition) is 3. The van der Waals surface area contributed by atoms with Crippen LogP contribution in [0.3, 0.4) is 0 Å². The minimum absolute atomic E-state index is 0.366. The summed E-state index contributed by atoms with van der Waals surface area (Å²) in [5.74, 6) is -1.52. The average Bonchev–Trinajstić information content (AvgIpc) is 2.25. The molecule has 0 amide bonds. The zero-order valence-corrected chi connectivity index (χ0v) is 10.0. The van der Waals surface area contributed by atoms with E-state index in [0.29, 0.717) is 10.6 Å². The highest BCUT2D eigenvalue weighted by Crippen LogP contribution is 2.24. The first-order chi connectivity index (χ1) is 7.54. The topological polar surface area (TPSA) is 54.4 Å². The standard InChI is InChI=1S/C11H9ClO3S/c1-16-10-4-2-7(12)6-8(10)9(13)3-5-11(14)15/h2-6H,1H3,(H,14,15)/b5-3+. The van der Waals surface area contributed by atoms with Gasteiger partial charge in [-0.1, -0.05) is 11.6 Å². The Labute approximate surface area is 102 Å². The van der Waals surface area contributed by atoms with Crippen LogP contribution in [0.1, 0.15) is 10.4 Å². The van der Waals surface area contributed by atoms with Gasteiger partial charge in [0, 0.05) is 21.6 Å². The van der Waals surface area contributed by atoms with Crippen molar-refractivity contribution in [3.05, 3.63) is 40.9 Å². The van der Waals surface area contributed by atoms with Gasteiger partial charge in [0.15, 0.2) is 5.78 Å². The van der Waals surface area contributed by atoms with E-state index in [9.17, 15) is 9.59 Å². The lowest BCUT2D eigenvalue weighted by Gasteiger charge is -2.03. The molecule has 0 aliphatic rings. The Bertz CT molecular complexity index is 455. The lowest BCUT2D eigenvalue weighted by molar-refractivity contribution is -0.131. The highest BCUT2D eigenvalue weighted by Gasteiger charge is 2.09. The van der Waals surface area contributed by atoms with Crippen LogP contribution in [0.2, 0.25) is 5.02 Å². The van der Waals surface area contributed by atoms with Gasteiger partial charge in [-0.05, 0) is 30.5 Å². The zero-order valence-electron chi connectivity index (χ0n) is 8.44. The summed E-state index contributed by atoms with van der Waals surface area (Å²) in [6.07, 6.45) is 3.67. The Morgan fingerprint density at radius 3 is 2.62 bits per heavy atom. The molecule has 0 heterocycles. The normalized spacial score (nSPS) is 10.6. The molecule has 84 valence electrons. The SMILES string of the molecule is CSc1ccc(Cl)cc1C(=O)/C=C/C(=O)O. The quantitative estimate of drug-likeness (QED) is 0.511. The molecular formula is C11H9ClO3S. The number of carbonyl (C=O) groups excluding carboxylic acids is 1. The second-order valence-corrected chi connectivity index (χ2v) is 4.16. The predicted octanol–water partition coefficient (Wildman–Crippen LogP) is 2.89. The fraction of sp³-hybridized carbons (Fsp3) is 0.0909. The summed E-state index contributed by atoms with van der Waals surface area (Å²) in [7, 11) is 0. The van der Waals surface area contributed by atoms with E-state index in [4.69, 9.17) is 16.7 Å². The van der Waals surface area contributed by atoms with Crippen molar-refractivity contribution >= 4 is 35.1 Å². The molecule has 0 saturated carbocycles. The molecule has 0 spiro atoms. The third-order valence-corrected chi connectivity index (χ3v) is 2.84. The summed E-state index contributed by atoms with van der Waals surface area (Å²) in [6, 6.07) is 4.95. The van der Waals surface area contributed by atoms with Crippen molar-refractivity contribution in [2.45, 2.75) is 4.90 Å². The maximum atomic E-state index is 11.7. The number of benzene rings is 1. The zero-order chi connectivity index (χ0) is 12.1. The van der Waals surface area contributed by atoms with Crippen LogP contribution in [0.4, 0.5) is 0 Å². The van der Waals surface area contributed by atoms with Crippen LogP contribution < -0.4 is 0 Å². The van der Waals surface area contributed by atoms with E-state index in [-0.39, 0.29) is 5.78 Å². The lowest BCUT2D eigenvalue weighted by atomic mass is 10.1. The summed E-state index contributed by atoms with van der Waals surface area (Å²) in [5, 5.41) is 8.87. The van der Waals surface area contributed by atoms with Crippen molar-refractivity contribution in [1.29, 1.82) is 0 Å². The third kappa shape index (κ3) is 3.40. The molecule has 1 rings (SSSR count). The molecule has 0 aliphatic heterocycles. The number of rotatable bonds is 4. The molecule has 1 aromatic rings. The molecule has 1 aromatic carbocycles. The Balaban J connectivity index is 3.06. The lowest BCUT2D eigenvalue weighted by Crippen LogP contribution is -1.98. The average molecular weight is 257 g/mol. The predicted molar refractivity (Wildman–Crippen MR) is 64.3 cm³/mol. The van der Waals surface area contributed by atoms with Crippen molar-refractivity contribution in [3.8, 4) is 0 Å². The first-order valence-corrected chi connectivity index (χ1v) is 5.93. The van der Waals surface area contributed by atoms with Gasteiger partial charge in [-0.25, -0.2) is 4.79 Å². The summed E-state index contributed by atoms with van der Waals surface area (Å²) < 4.78 is 0. The van der Waals surface area contributed by atoms with Crippen molar-refractivity contribution in [2.24, 2.45) is 0 Å².